The minimum absolute atomic E-state index is 0.0528. The summed E-state index contributed by atoms with van der Waals surface area (Å²) in [5, 5.41) is 18.0. The lowest BCUT2D eigenvalue weighted by atomic mass is 10.1. The van der Waals surface area contributed by atoms with Crippen LogP contribution in [0.5, 0.6) is 11.5 Å². The number of phenols is 1. The number of rotatable bonds is 4. The second-order valence-electron chi connectivity index (χ2n) is 2.98. The third-order valence-electron chi connectivity index (χ3n) is 1.97. The van der Waals surface area contributed by atoms with Crippen LogP contribution < -0.4 is 4.74 Å². The number of ether oxygens (including phenoxy) is 1. The average Bonchev–Trinajstić information content (AvgIpc) is 2.19. The zero-order valence-electron chi connectivity index (χ0n) is 8.16. The Morgan fingerprint density at radius 3 is 2.73 bits per heavy atom. The Morgan fingerprint density at radius 1 is 1.53 bits per heavy atom. The molecule has 0 aliphatic carbocycles. The van der Waals surface area contributed by atoms with Crippen molar-refractivity contribution in [1.29, 1.82) is 0 Å². The van der Waals surface area contributed by atoms with E-state index in [1.54, 1.807) is 12.1 Å². The fraction of sp³-hybridized carbons (Fsp3) is 0.300. The summed E-state index contributed by atoms with van der Waals surface area (Å²) in [7, 11) is 1.50. The number of carboxylic acids is 1. The minimum Gasteiger partial charge on any atom is -0.507 e. The van der Waals surface area contributed by atoms with Crippen LogP contribution in [0.1, 0.15) is 12.0 Å². The predicted octanol–water partition coefficient (Wildman–Crippen LogP) is 2.02. The predicted molar refractivity (Wildman–Crippen MR) is 63.3 cm³/mol. The van der Waals surface area contributed by atoms with Gasteiger partial charge in [-0.1, -0.05) is 6.07 Å². The van der Waals surface area contributed by atoms with Crippen molar-refractivity contribution >= 4 is 28.6 Å². The molecule has 0 bridgehead atoms. The Bertz CT molecular complexity index is 376. The number of hydrogen-bond donors (Lipinski definition) is 2. The normalized spacial score (nSPS) is 10.0. The van der Waals surface area contributed by atoms with Crippen LogP contribution in [0.4, 0.5) is 0 Å². The molecule has 15 heavy (non-hydrogen) atoms. The molecule has 5 heteroatoms. The molecule has 4 nitrogen and oxygen atoms in total. The van der Waals surface area contributed by atoms with Crippen LogP contribution in [0.25, 0.3) is 0 Å². The van der Waals surface area contributed by atoms with Crippen molar-refractivity contribution in [2.45, 2.75) is 12.8 Å². The molecule has 0 radical (unpaired) electrons. The summed E-state index contributed by atoms with van der Waals surface area (Å²) in [5.41, 5.74) is 0.794. The number of aryl methyl sites for hydroxylation is 1. The van der Waals surface area contributed by atoms with Gasteiger partial charge in [0.2, 0.25) is 0 Å². The second-order valence-corrected chi connectivity index (χ2v) is 4.06. The van der Waals surface area contributed by atoms with Gasteiger partial charge >= 0.3 is 5.97 Å². The van der Waals surface area contributed by atoms with E-state index in [-0.39, 0.29) is 12.2 Å². The monoisotopic (exact) mass is 322 g/mol. The second kappa shape index (κ2) is 5.20. The fourth-order valence-electron chi connectivity index (χ4n) is 1.24. The standard InChI is InChI=1S/C10H11IO4/c1-15-10-6(3-5-8(13)14)2-4-7(12)9(10)11/h2,4,12H,3,5H2,1H3,(H,13,14). The maximum absolute atomic E-state index is 10.4. The van der Waals surface area contributed by atoms with Crippen molar-refractivity contribution in [1.82, 2.24) is 0 Å². The molecule has 0 heterocycles. The van der Waals surface area contributed by atoms with Gasteiger partial charge in [0.05, 0.1) is 10.7 Å². The number of hydrogen-bond acceptors (Lipinski definition) is 3. The van der Waals surface area contributed by atoms with Crippen molar-refractivity contribution in [3.05, 3.63) is 21.3 Å². The van der Waals surface area contributed by atoms with E-state index in [2.05, 4.69) is 0 Å². The molecule has 0 atom stereocenters. The SMILES string of the molecule is COc1c(CCC(=O)O)ccc(O)c1I. The molecule has 0 amide bonds. The Kier molecular flexibility index (Phi) is 4.19. The third-order valence-corrected chi connectivity index (χ3v) is 3.01. The summed E-state index contributed by atoms with van der Waals surface area (Å²) >= 11 is 1.97. The van der Waals surface area contributed by atoms with Gasteiger partial charge in [-0.15, -0.1) is 0 Å². The van der Waals surface area contributed by atoms with E-state index in [0.29, 0.717) is 15.7 Å². The largest absolute Gasteiger partial charge is 0.507 e. The van der Waals surface area contributed by atoms with Gasteiger partial charge in [-0.05, 0) is 40.6 Å². The van der Waals surface area contributed by atoms with Crippen molar-refractivity contribution in [3.63, 3.8) is 0 Å². The molecule has 0 saturated carbocycles. The highest BCUT2D eigenvalue weighted by Gasteiger charge is 2.12. The molecule has 1 aromatic carbocycles. The van der Waals surface area contributed by atoms with Crippen molar-refractivity contribution < 1.29 is 19.7 Å². The van der Waals surface area contributed by atoms with Crippen molar-refractivity contribution in [3.8, 4) is 11.5 Å². The van der Waals surface area contributed by atoms with E-state index in [4.69, 9.17) is 9.84 Å². The summed E-state index contributed by atoms with van der Waals surface area (Å²) in [5.74, 6) is -0.150. The summed E-state index contributed by atoms with van der Waals surface area (Å²) in [6.45, 7) is 0. The minimum atomic E-state index is -0.847. The first-order valence-corrected chi connectivity index (χ1v) is 5.40. The van der Waals surface area contributed by atoms with E-state index in [0.717, 1.165) is 5.56 Å². The number of benzene rings is 1. The van der Waals surface area contributed by atoms with E-state index in [9.17, 15) is 9.90 Å². The molecule has 0 aliphatic heterocycles. The summed E-state index contributed by atoms with van der Waals surface area (Å²) in [6, 6.07) is 3.22. The van der Waals surface area contributed by atoms with Crippen molar-refractivity contribution in [2.75, 3.05) is 7.11 Å². The number of carboxylic acid groups (broad SMARTS) is 1. The highest BCUT2D eigenvalue weighted by atomic mass is 127. The lowest BCUT2D eigenvalue weighted by Gasteiger charge is -2.10. The molecule has 2 N–H and O–H groups in total. The van der Waals surface area contributed by atoms with Crippen LogP contribution in [-0.4, -0.2) is 23.3 Å². The van der Waals surface area contributed by atoms with Crippen LogP contribution in [-0.2, 0) is 11.2 Å². The van der Waals surface area contributed by atoms with Crippen molar-refractivity contribution in [2.24, 2.45) is 0 Å². The van der Waals surface area contributed by atoms with Gasteiger partial charge in [0.1, 0.15) is 11.5 Å². The fourth-order valence-corrected chi connectivity index (χ4v) is 1.99. The quantitative estimate of drug-likeness (QED) is 0.833. The third kappa shape index (κ3) is 2.98. The van der Waals surface area contributed by atoms with E-state index in [1.165, 1.54) is 7.11 Å². The molecular formula is C10H11IO4. The lowest BCUT2D eigenvalue weighted by Crippen LogP contribution is -2.00. The Balaban J connectivity index is 2.97. The molecule has 82 valence electrons. The first kappa shape index (κ1) is 12.1. The van der Waals surface area contributed by atoms with Crippen LogP contribution in [0, 0.1) is 3.57 Å². The molecule has 0 aliphatic rings. The number of methoxy groups -OCH3 is 1. The molecule has 1 aromatic rings. The zero-order valence-corrected chi connectivity index (χ0v) is 10.3. The topological polar surface area (TPSA) is 66.8 Å². The van der Waals surface area contributed by atoms with E-state index < -0.39 is 5.97 Å². The van der Waals surface area contributed by atoms with Gasteiger partial charge in [0.25, 0.3) is 0 Å². The molecular weight excluding hydrogens is 311 g/mol. The Morgan fingerprint density at radius 2 is 2.20 bits per heavy atom. The number of aliphatic carboxylic acids is 1. The van der Waals surface area contributed by atoms with Gasteiger partial charge in [0.15, 0.2) is 0 Å². The number of halogens is 1. The maximum atomic E-state index is 10.4. The molecule has 0 fully saturated rings. The first-order chi connectivity index (χ1) is 7.06. The average molecular weight is 322 g/mol. The molecule has 1 rings (SSSR count). The van der Waals surface area contributed by atoms with Crippen LogP contribution in [0.3, 0.4) is 0 Å². The van der Waals surface area contributed by atoms with Gasteiger partial charge < -0.3 is 14.9 Å². The van der Waals surface area contributed by atoms with E-state index in [1.807, 2.05) is 22.6 Å². The van der Waals surface area contributed by atoms with Crippen LogP contribution in [0.15, 0.2) is 12.1 Å². The highest BCUT2D eigenvalue weighted by Crippen LogP contribution is 2.33. The van der Waals surface area contributed by atoms with Crippen LogP contribution in [0.2, 0.25) is 0 Å². The zero-order chi connectivity index (χ0) is 11.4. The summed E-state index contributed by atoms with van der Waals surface area (Å²) in [4.78, 5) is 10.4. The molecule has 0 unspecified atom stereocenters. The van der Waals surface area contributed by atoms with E-state index >= 15 is 0 Å². The molecule has 0 spiro atoms. The summed E-state index contributed by atoms with van der Waals surface area (Å²) in [6.07, 6.45) is 0.450. The number of phenolic OH excluding ortho intramolecular Hbond substituents is 1. The van der Waals surface area contributed by atoms with Gasteiger partial charge in [-0.25, -0.2) is 0 Å². The van der Waals surface area contributed by atoms with Crippen LogP contribution >= 0.6 is 22.6 Å². The molecule has 0 aromatic heterocycles. The highest BCUT2D eigenvalue weighted by molar-refractivity contribution is 14.1. The number of carbonyl (C=O) groups is 1. The smallest absolute Gasteiger partial charge is 0.303 e. The Hall–Kier alpha value is -0.980. The lowest BCUT2D eigenvalue weighted by molar-refractivity contribution is -0.136. The number of aromatic hydroxyl groups is 1. The maximum Gasteiger partial charge on any atom is 0.303 e. The van der Waals surface area contributed by atoms with Gasteiger partial charge in [0, 0.05) is 6.42 Å². The summed E-state index contributed by atoms with van der Waals surface area (Å²) < 4.78 is 5.74. The van der Waals surface area contributed by atoms with Gasteiger partial charge in [-0.3, -0.25) is 4.79 Å². The van der Waals surface area contributed by atoms with Gasteiger partial charge in [-0.2, -0.15) is 0 Å². The first-order valence-electron chi connectivity index (χ1n) is 4.32. The Labute approximate surface area is 101 Å². The molecule has 0 saturated heterocycles.